The van der Waals surface area contributed by atoms with Crippen LogP contribution in [0.15, 0.2) is 29.2 Å². The maximum Gasteiger partial charge on any atom is 0.246 e. The summed E-state index contributed by atoms with van der Waals surface area (Å²) in [5, 5.41) is 7.16. The number of hydrogen-bond donors (Lipinski definition) is 1. The number of morpholine rings is 1. The molecule has 1 aromatic carbocycles. The molecular formula is C20H28N4O5S. The van der Waals surface area contributed by atoms with Crippen molar-refractivity contribution >= 4 is 15.9 Å². The number of benzene rings is 1. The van der Waals surface area contributed by atoms with Crippen molar-refractivity contribution in [2.24, 2.45) is 0 Å². The summed E-state index contributed by atoms with van der Waals surface area (Å²) in [7, 11) is -2.05. The summed E-state index contributed by atoms with van der Waals surface area (Å²) in [6.07, 6.45) is 0.684. The van der Waals surface area contributed by atoms with Crippen LogP contribution in [0.4, 0.5) is 0 Å². The van der Waals surface area contributed by atoms with Crippen LogP contribution >= 0.6 is 0 Å². The van der Waals surface area contributed by atoms with Crippen LogP contribution in [0.25, 0.3) is 0 Å². The number of nitrogens with zero attached hydrogens (tertiary/aromatic N) is 3. The van der Waals surface area contributed by atoms with Crippen molar-refractivity contribution in [1.29, 1.82) is 0 Å². The van der Waals surface area contributed by atoms with Gasteiger partial charge < -0.3 is 14.8 Å². The average molecular weight is 437 g/mol. The van der Waals surface area contributed by atoms with Crippen LogP contribution in [0.1, 0.15) is 17.0 Å². The van der Waals surface area contributed by atoms with Gasteiger partial charge in [-0.1, -0.05) is 12.1 Å². The molecule has 9 nitrogen and oxygen atoms in total. The minimum atomic E-state index is -3.67. The van der Waals surface area contributed by atoms with Crippen LogP contribution < -0.4 is 10.1 Å². The van der Waals surface area contributed by atoms with Gasteiger partial charge in [0.1, 0.15) is 17.2 Å². The van der Waals surface area contributed by atoms with E-state index in [0.717, 1.165) is 11.3 Å². The van der Waals surface area contributed by atoms with Gasteiger partial charge in [0.2, 0.25) is 15.9 Å². The van der Waals surface area contributed by atoms with Crippen molar-refractivity contribution < 1.29 is 22.7 Å². The van der Waals surface area contributed by atoms with Gasteiger partial charge in [0.15, 0.2) is 0 Å². The largest absolute Gasteiger partial charge is 0.497 e. The molecule has 0 atom stereocenters. The molecule has 2 heterocycles. The number of rotatable bonds is 8. The van der Waals surface area contributed by atoms with Crippen LogP contribution in [0.3, 0.4) is 0 Å². The molecule has 30 heavy (non-hydrogen) atoms. The van der Waals surface area contributed by atoms with Crippen molar-refractivity contribution in [3.8, 4) is 5.75 Å². The number of amides is 1. The zero-order valence-corrected chi connectivity index (χ0v) is 18.4. The summed E-state index contributed by atoms with van der Waals surface area (Å²) < 4.78 is 39.3. The first kappa shape index (κ1) is 22.3. The van der Waals surface area contributed by atoms with Gasteiger partial charge in [-0.15, -0.1) is 0 Å². The number of carbonyl (C=O) groups is 1. The maximum absolute atomic E-state index is 13.0. The first-order valence-corrected chi connectivity index (χ1v) is 11.3. The fraction of sp³-hybridized carbons (Fsp3) is 0.500. The zero-order valence-electron chi connectivity index (χ0n) is 17.6. The summed E-state index contributed by atoms with van der Waals surface area (Å²) in [5.41, 5.74) is 1.94. The van der Waals surface area contributed by atoms with Crippen LogP contribution in [-0.2, 0) is 32.5 Å². The molecule has 0 aliphatic carbocycles. The molecule has 0 unspecified atom stereocenters. The summed E-state index contributed by atoms with van der Waals surface area (Å²) in [5.74, 6) is 0.569. The van der Waals surface area contributed by atoms with Gasteiger partial charge in [0, 0.05) is 19.6 Å². The molecule has 1 saturated heterocycles. The van der Waals surface area contributed by atoms with Crippen molar-refractivity contribution in [3.05, 3.63) is 41.2 Å². The second-order valence-electron chi connectivity index (χ2n) is 7.12. The number of nitrogens with one attached hydrogen (secondary N) is 1. The third kappa shape index (κ3) is 5.00. The number of carbonyl (C=O) groups excluding carboxylic acids is 1. The fourth-order valence-electron chi connectivity index (χ4n) is 3.45. The van der Waals surface area contributed by atoms with Gasteiger partial charge >= 0.3 is 0 Å². The van der Waals surface area contributed by atoms with E-state index in [4.69, 9.17) is 9.47 Å². The van der Waals surface area contributed by atoms with E-state index in [2.05, 4.69) is 10.4 Å². The van der Waals surface area contributed by atoms with E-state index in [9.17, 15) is 13.2 Å². The Kier molecular flexibility index (Phi) is 7.11. The third-order valence-electron chi connectivity index (χ3n) is 5.07. The lowest BCUT2D eigenvalue weighted by Crippen LogP contribution is -2.41. The van der Waals surface area contributed by atoms with Crippen LogP contribution in [0.5, 0.6) is 5.75 Å². The molecule has 10 heteroatoms. The predicted molar refractivity (Wildman–Crippen MR) is 111 cm³/mol. The highest BCUT2D eigenvalue weighted by atomic mass is 32.2. The molecule has 2 aromatic rings. The lowest BCUT2D eigenvalue weighted by molar-refractivity contribution is -0.121. The Balaban J connectivity index is 1.61. The predicted octanol–water partition coefficient (Wildman–Crippen LogP) is 0.888. The molecule has 1 amide bonds. The van der Waals surface area contributed by atoms with E-state index in [0.29, 0.717) is 50.7 Å². The normalized spacial score (nSPS) is 15.2. The first-order chi connectivity index (χ1) is 14.3. The van der Waals surface area contributed by atoms with Crippen LogP contribution in [0, 0.1) is 13.8 Å². The van der Waals surface area contributed by atoms with E-state index in [-0.39, 0.29) is 17.3 Å². The van der Waals surface area contributed by atoms with Crippen LogP contribution in [-0.4, -0.2) is 68.4 Å². The number of ether oxygens (including phenoxy) is 2. The Morgan fingerprint density at radius 3 is 2.50 bits per heavy atom. The molecule has 164 valence electrons. The zero-order chi connectivity index (χ0) is 21.7. The van der Waals surface area contributed by atoms with Crippen LogP contribution in [0.2, 0.25) is 0 Å². The smallest absolute Gasteiger partial charge is 0.246 e. The van der Waals surface area contributed by atoms with Gasteiger partial charge in [0.05, 0.1) is 31.7 Å². The van der Waals surface area contributed by atoms with E-state index >= 15 is 0 Å². The highest BCUT2D eigenvalue weighted by Gasteiger charge is 2.32. The average Bonchev–Trinajstić information content (AvgIpc) is 3.02. The SMILES string of the molecule is COc1ccc(CCNC(=O)Cn2nc(C)c(S(=O)(=O)N3CCOCC3)c2C)cc1. The summed E-state index contributed by atoms with van der Waals surface area (Å²) in [6, 6.07) is 7.66. The Morgan fingerprint density at radius 2 is 1.87 bits per heavy atom. The molecular weight excluding hydrogens is 408 g/mol. The van der Waals surface area contributed by atoms with E-state index in [1.54, 1.807) is 21.0 Å². The molecule has 1 fully saturated rings. The topological polar surface area (TPSA) is 103 Å². The van der Waals surface area contributed by atoms with Crippen molar-refractivity contribution in [2.45, 2.75) is 31.7 Å². The van der Waals surface area contributed by atoms with Crippen molar-refractivity contribution in [2.75, 3.05) is 40.0 Å². The standard InChI is InChI=1S/C20H28N4O5S/c1-15-20(30(26,27)23-10-12-29-13-11-23)16(2)24(22-15)14-19(25)21-9-8-17-4-6-18(28-3)7-5-17/h4-7H,8-14H2,1-3H3,(H,21,25). The lowest BCUT2D eigenvalue weighted by Gasteiger charge is -2.26. The molecule has 0 saturated carbocycles. The van der Waals surface area contributed by atoms with Crippen molar-refractivity contribution in [1.82, 2.24) is 19.4 Å². The quantitative estimate of drug-likeness (QED) is 0.659. The fourth-order valence-corrected chi connectivity index (χ4v) is 5.24. The molecule has 1 aliphatic rings. The summed E-state index contributed by atoms with van der Waals surface area (Å²) in [4.78, 5) is 12.5. The first-order valence-electron chi connectivity index (χ1n) is 9.84. The monoisotopic (exact) mass is 436 g/mol. The van der Waals surface area contributed by atoms with Gasteiger partial charge in [-0.3, -0.25) is 9.48 Å². The number of aromatic nitrogens is 2. The van der Waals surface area contributed by atoms with E-state index in [1.807, 2.05) is 24.3 Å². The molecule has 0 spiro atoms. The van der Waals surface area contributed by atoms with E-state index in [1.165, 1.54) is 8.99 Å². The number of methoxy groups -OCH3 is 1. The molecule has 1 N–H and O–H groups in total. The minimum absolute atomic E-state index is 0.0338. The maximum atomic E-state index is 13.0. The Bertz CT molecular complexity index is 979. The summed E-state index contributed by atoms with van der Waals surface area (Å²) >= 11 is 0. The van der Waals surface area contributed by atoms with E-state index < -0.39 is 10.0 Å². The van der Waals surface area contributed by atoms with Gasteiger partial charge in [-0.2, -0.15) is 9.40 Å². The van der Waals surface area contributed by atoms with Gasteiger partial charge in [-0.05, 0) is 38.0 Å². The molecule has 3 rings (SSSR count). The minimum Gasteiger partial charge on any atom is -0.497 e. The van der Waals surface area contributed by atoms with Gasteiger partial charge in [0.25, 0.3) is 0 Å². The Labute approximate surface area is 177 Å². The second kappa shape index (κ2) is 9.59. The second-order valence-corrected chi connectivity index (χ2v) is 9.00. The summed E-state index contributed by atoms with van der Waals surface area (Å²) in [6.45, 7) is 5.16. The number of sulfonamides is 1. The van der Waals surface area contributed by atoms with Gasteiger partial charge in [-0.25, -0.2) is 8.42 Å². The highest BCUT2D eigenvalue weighted by Crippen LogP contribution is 2.24. The highest BCUT2D eigenvalue weighted by molar-refractivity contribution is 7.89. The molecule has 0 radical (unpaired) electrons. The Hall–Kier alpha value is -2.43. The molecule has 1 aromatic heterocycles. The van der Waals surface area contributed by atoms with Crippen molar-refractivity contribution in [3.63, 3.8) is 0 Å². The lowest BCUT2D eigenvalue weighted by atomic mass is 10.1. The number of aryl methyl sites for hydroxylation is 1. The molecule has 0 bridgehead atoms. The Morgan fingerprint density at radius 1 is 1.20 bits per heavy atom. The molecule has 1 aliphatic heterocycles. The third-order valence-corrected chi connectivity index (χ3v) is 7.22. The number of hydrogen-bond acceptors (Lipinski definition) is 6.